The molecule has 0 bridgehead atoms. The van der Waals surface area contributed by atoms with E-state index in [4.69, 9.17) is 11.6 Å². The van der Waals surface area contributed by atoms with Crippen molar-refractivity contribution in [2.75, 3.05) is 11.9 Å². The van der Waals surface area contributed by atoms with Crippen molar-refractivity contribution in [1.82, 2.24) is 10.2 Å². The van der Waals surface area contributed by atoms with Gasteiger partial charge in [-0.05, 0) is 55.2 Å². The summed E-state index contributed by atoms with van der Waals surface area (Å²) in [5.74, 6) is -1.03. The van der Waals surface area contributed by atoms with Gasteiger partial charge in [0.1, 0.15) is 6.04 Å². The summed E-state index contributed by atoms with van der Waals surface area (Å²) >= 11 is 6.28. The zero-order valence-electron chi connectivity index (χ0n) is 20.0. The van der Waals surface area contributed by atoms with E-state index in [1.165, 1.54) is 4.90 Å². The van der Waals surface area contributed by atoms with Gasteiger partial charge in [-0.15, -0.1) is 0 Å². The minimum atomic E-state index is -0.760. The van der Waals surface area contributed by atoms with Gasteiger partial charge in [0, 0.05) is 18.7 Å². The van der Waals surface area contributed by atoms with Gasteiger partial charge in [-0.1, -0.05) is 65.7 Å². The number of rotatable bonds is 5. The molecule has 6 nitrogen and oxygen atoms in total. The third-order valence-corrected chi connectivity index (χ3v) is 6.61. The van der Waals surface area contributed by atoms with Crippen molar-refractivity contribution in [3.8, 4) is 0 Å². The highest BCUT2D eigenvalue weighted by molar-refractivity contribution is 6.33. The van der Waals surface area contributed by atoms with E-state index >= 15 is 0 Å². The van der Waals surface area contributed by atoms with Gasteiger partial charge in [-0.25, -0.2) is 0 Å². The van der Waals surface area contributed by atoms with Crippen LogP contribution in [0.15, 0.2) is 60.7 Å². The number of nitrogens with zero attached hydrogens (tertiary/aromatic N) is 1. The molecule has 1 atom stereocenters. The average Bonchev–Trinajstić information content (AvgIpc) is 2.83. The highest BCUT2D eigenvalue weighted by Gasteiger charge is 2.35. The first-order valence-corrected chi connectivity index (χ1v) is 11.9. The third-order valence-electron chi connectivity index (χ3n) is 6.28. The van der Waals surface area contributed by atoms with Gasteiger partial charge in [0.2, 0.25) is 11.8 Å². The topological polar surface area (TPSA) is 78.5 Å². The number of fused-ring (bicyclic) bond motifs is 1. The average molecular weight is 490 g/mol. The number of amides is 3. The Morgan fingerprint density at radius 2 is 1.57 bits per heavy atom. The van der Waals surface area contributed by atoms with Crippen LogP contribution in [0.4, 0.5) is 5.69 Å². The Bertz CT molecular complexity index is 1280. The molecule has 1 unspecified atom stereocenters. The molecule has 0 fully saturated rings. The summed E-state index contributed by atoms with van der Waals surface area (Å²) in [6.07, 6.45) is 0.357. The summed E-state index contributed by atoms with van der Waals surface area (Å²) in [5, 5.41) is 5.95. The SMILES string of the molecule is Cc1cc(C)c(NC(=O)CNC(=O)C2Cc3ccccc3CN2C(=O)c2ccccc2Cl)c(C)c1. The van der Waals surface area contributed by atoms with Gasteiger partial charge in [0.25, 0.3) is 5.91 Å². The zero-order chi connectivity index (χ0) is 25.1. The fraction of sp³-hybridized carbons (Fsp3) is 0.250. The lowest BCUT2D eigenvalue weighted by Crippen LogP contribution is -2.53. The van der Waals surface area contributed by atoms with Crippen LogP contribution in [0, 0.1) is 20.8 Å². The molecule has 1 aliphatic heterocycles. The predicted molar refractivity (Wildman–Crippen MR) is 138 cm³/mol. The Morgan fingerprint density at radius 3 is 2.26 bits per heavy atom. The number of hydrogen-bond acceptors (Lipinski definition) is 3. The fourth-order valence-corrected chi connectivity index (χ4v) is 4.82. The first-order chi connectivity index (χ1) is 16.7. The number of halogens is 1. The molecule has 3 aromatic rings. The van der Waals surface area contributed by atoms with Crippen LogP contribution >= 0.6 is 11.6 Å². The Hall–Kier alpha value is -3.64. The molecule has 0 saturated carbocycles. The number of aryl methyl sites for hydroxylation is 3. The summed E-state index contributed by atoms with van der Waals surface area (Å²) in [4.78, 5) is 40.8. The lowest BCUT2D eigenvalue weighted by atomic mass is 9.92. The van der Waals surface area contributed by atoms with Gasteiger partial charge in [-0.3, -0.25) is 14.4 Å². The molecule has 0 saturated heterocycles. The molecule has 1 aliphatic rings. The number of nitrogens with one attached hydrogen (secondary N) is 2. The van der Waals surface area contributed by atoms with E-state index in [9.17, 15) is 14.4 Å². The molecule has 2 N–H and O–H groups in total. The number of anilines is 1. The first-order valence-electron chi connectivity index (χ1n) is 11.5. The van der Waals surface area contributed by atoms with Gasteiger partial charge >= 0.3 is 0 Å². The molecule has 3 amide bonds. The second kappa shape index (κ2) is 10.3. The van der Waals surface area contributed by atoms with Crippen molar-refractivity contribution in [3.05, 3.63) is 99.1 Å². The fourth-order valence-electron chi connectivity index (χ4n) is 4.61. The van der Waals surface area contributed by atoms with Gasteiger partial charge in [0.05, 0.1) is 17.1 Å². The maximum Gasteiger partial charge on any atom is 0.256 e. The molecule has 3 aromatic carbocycles. The van der Waals surface area contributed by atoms with Crippen molar-refractivity contribution < 1.29 is 14.4 Å². The van der Waals surface area contributed by atoms with Gasteiger partial charge in [0.15, 0.2) is 0 Å². The van der Waals surface area contributed by atoms with E-state index in [1.54, 1.807) is 24.3 Å². The van der Waals surface area contributed by atoms with E-state index in [2.05, 4.69) is 10.6 Å². The zero-order valence-corrected chi connectivity index (χ0v) is 20.8. The summed E-state index contributed by atoms with van der Waals surface area (Å²) in [5.41, 5.74) is 6.12. The third kappa shape index (κ3) is 5.38. The minimum absolute atomic E-state index is 0.197. The maximum atomic E-state index is 13.4. The molecular weight excluding hydrogens is 462 g/mol. The van der Waals surface area contributed by atoms with E-state index in [0.717, 1.165) is 33.5 Å². The summed E-state index contributed by atoms with van der Waals surface area (Å²) < 4.78 is 0. The largest absolute Gasteiger partial charge is 0.345 e. The molecule has 7 heteroatoms. The van der Waals surface area contributed by atoms with Crippen molar-refractivity contribution >= 4 is 35.0 Å². The molecule has 1 heterocycles. The van der Waals surface area contributed by atoms with Crippen molar-refractivity contribution in [2.45, 2.75) is 39.8 Å². The highest BCUT2D eigenvalue weighted by atomic mass is 35.5. The molecule has 0 radical (unpaired) electrons. The minimum Gasteiger partial charge on any atom is -0.345 e. The van der Waals surface area contributed by atoms with Crippen LogP contribution in [0.3, 0.4) is 0 Å². The molecular formula is C28H28ClN3O3. The van der Waals surface area contributed by atoms with Crippen LogP contribution < -0.4 is 10.6 Å². The molecule has 0 spiro atoms. The molecule has 180 valence electrons. The van der Waals surface area contributed by atoms with E-state index in [1.807, 2.05) is 57.2 Å². The number of carbonyl (C=O) groups excluding carboxylic acids is 3. The van der Waals surface area contributed by atoms with E-state index in [0.29, 0.717) is 17.0 Å². The molecule has 0 aromatic heterocycles. The van der Waals surface area contributed by atoms with Gasteiger partial charge < -0.3 is 15.5 Å². The first kappa shape index (κ1) is 24.5. The summed E-state index contributed by atoms with van der Waals surface area (Å²) in [6, 6.07) is 17.8. The Kier molecular flexibility index (Phi) is 7.22. The van der Waals surface area contributed by atoms with Crippen molar-refractivity contribution in [2.24, 2.45) is 0 Å². The van der Waals surface area contributed by atoms with Crippen molar-refractivity contribution in [1.29, 1.82) is 0 Å². The van der Waals surface area contributed by atoms with E-state index in [-0.39, 0.29) is 30.8 Å². The van der Waals surface area contributed by atoms with E-state index < -0.39 is 6.04 Å². The number of benzene rings is 3. The normalized spacial score (nSPS) is 14.7. The Labute approximate surface area is 210 Å². The highest BCUT2D eigenvalue weighted by Crippen LogP contribution is 2.27. The lowest BCUT2D eigenvalue weighted by molar-refractivity contribution is -0.128. The summed E-state index contributed by atoms with van der Waals surface area (Å²) in [6.45, 7) is 5.96. The van der Waals surface area contributed by atoms with Crippen LogP contribution in [-0.2, 0) is 22.6 Å². The monoisotopic (exact) mass is 489 g/mol. The van der Waals surface area contributed by atoms with Gasteiger partial charge in [-0.2, -0.15) is 0 Å². The second-order valence-electron chi connectivity index (χ2n) is 8.94. The van der Waals surface area contributed by atoms with Crippen LogP contribution in [0.1, 0.15) is 38.2 Å². The van der Waals surface area contributed by atoms with Crippen molar-refractivity contribution in [3.63, 3.8) is 0 Å². The van der Waals surface area contributed by atoms with Crippen LogP contribution in [0.5, 0.6) is 0 Å². The second-order valence-corrected chi connectivity index (χ2v) is 9.35. The number of hydrogen-bond donors (Lipinski definition) is 2. The number of carbonyl (C=O) groups is 3. The quantitative estimate of drug-likeness (QED) is 0.550. The lowest BCUT2D eigenvalue weighted by Gasteiger charge is -2.36. The Balaban J connectivity index is 1.51. The Morgan fingerprint density at radius 1 is 0.943 bits per heavy atom. The van der Waals surface area contributed by atoms with Crippen LogP contribution in [0.2, 0.25) is 5.02 Å². The predicted octanol–water partition coefficient (Wildman–Crippen LogP) is 4.59. The van der Waals surface area contributed by atoms with Crippen LogP contribution in [0.25, 0.3) is 0 Å². The standard InChI is InChI=1S/C28H28ClN3O3/c1-17-12-18(2)26(19(3)13-17)31-25(33)15-30-27(34)24-14-20-8-4-5-9-21(20)16-32(24)28(35)22-10-6-7-11-23(22)29/h4-13,24H,14-16H2,1-3H3,(H,30,34)(H,31,33). The molecule has 35 heavy (non-hydrogen) atoms. The summed E-state index contributed by atoms with van der Waals surface area (Å²) in [7, 11) is 0. The molecule has 4 rings (SSSR count). The molecule has 0 aliphatic carbocycles. The smallest absolute Gasteiger partial charge is 0.256 e. The van der Waals surface area contributed by atoms with Crippen LogP contribution in [-0.4, -0.2) is 35.2 Å². The maximum absolute atomic E-state index is 13.4.